The van der Waals surface area contributed by atoms with Gasteiger partial charge in [-0.25, -0.2) is 24.9 Å². The Morgan fingerprint density at radius 2 is 0.887 bits per heavy atom. The predicted molar refractivity (Wildman–Crippen MR) is 469 cm³/mol. The van der Waals surface area contributed by atoms with E-state index in [2.05, 4.69) is 46.2 Å². The van der Waals surface area contributed by atoms with Gasteiger partial charge in [-0.3, -0.25) is 78.7 Å². The second-order valence-corrected chi connectivity index (χ2v) is 31.7. The van der Waals surface area contributed by atoms with E-state index in [0.717, 1.165) is 44.3 Å². The van der Waals surface area contributed by atoms with Crippen molar-refractivity contribution in [1.29, 1.82) is 0 Å². The highest BCUT2D eigenvalue weighted by molar-refractivity contribution is 7.98. The van der Waals surface area contributed by atoms with Crippen LogP contribution >= 0.6 is 23.1 Å². The number of ether oxygens (including phenoxy) is 6. The van der Waals surface area contributed by atoms with Crippen LogP contribution in [-0.2, 0) is 66.4 Å². The Kier molecular flexibility index (Phi) is 27.7. The molecule has 38 nitrogen and oxygen atoms in total. The number of morpholine rings is 2. The first-order chi connectivity index (χ1) is 59.9. The predicted octanol–water partition coefficient (Wildman–Crippen LogP) is 8.39. The third-order valence-electron chi connectivity index (χ3n) is 21.2. The molecule has 124 heavy (non-hydrogen) atoms. The first-order valence-electron chi connectivity index (χ1n) is 40.9. The van der Waals surface area contributed by atoms with Crippen molar-refractivity contribution in [3.05, 3.63) is 163 Å². The van der Waals surface area contributed by atoms with Gasteiger partial charge in [0.25, 0.3) is 23.6 Å². The van der Waals surface area contributed by atoms with Crippen LogP contribution in [0.2, 0.25) is 0 Å². The molecule has 0 radical (unpaired) electrons. The number of imidazole rings is 4. The minimum absolute atomic E-state index is 0.0251. The Hall–Kier alpha value is -12.7. The van der Waals surface area contributed by atoms with Gasteiger partial charge in [0.2, 0.25) is 41.5 Å². The number of nitrogens with zero attached hydrogens (tertiary/aromatic N) is 17. The van der Waals surface area contributed by atoms with E-state index in [1.54, 1.807) is 80.0 Å². The van der Waals surface area contributed by atoms with Gasteiger partial charge < -0.3 is 69.6 Å². The Labute approximate surface area is 720 Å². The fourth-order valence-corrected chi connectivity index (χ4v) is 16.8. The maximum atomic E-state index is 15.0. The van der Waals surface area contributed by atoms with Crippen molar-refractivity contribution < 1.29 is 62.0 Å². The van der Waals surface area contributed by atoms with E-state index in [-0.39, 0.29) is 110 Å². The summed E-state index contributed by atoms with van der Waals surface area (Å²) < 4.78 is 48.7. The van der Waals surface area contributed by atoms with Gasteiger partial charge in [0.05, 0.1) is 115 Å². The van der Waals surface area contributed by atoms with Crippen LogP contribution in [0, 0.1) is 27.7 Å². The molecule has 14 rings (SSSR count). The largest absolute Gasteiger partial charge is 0.494 e. The van der Waals surface area contributed by atoms with Gasteiger partial charge >= 0.3 is 0 Å². The number of primary amides is 3. The lowest BCUT2D eigenvalue weighted by Crippen LogP contribution is -2.37. The Bertz CT molecular complexity index is 6090. The van der Waals surface area contributed by atoms with Gasteiger partial charge in [0.1, 0.15) is 62.0 Å². The third kappa shape index (κ3) is 19.7. The molecular weight excluding hydrogens is 1630 g/mol. The molecule has 12 N–H and O–H groups in total. The fraction of sp³-hybridized carbons (Fsp3) is 0.393. The van der Waals surface area contributed by atoms with Gasteiger partial charge in [-0.1, -0.05) is 31.2 Å². The van der Waals surface area contributed by atoms with Crippen LogP contribution in [-0.4, -0.2) is 223 Å². The normalized spacial score (nSPS) is 13.8. The molecule has 7 amide bonds. The highest BCUT2D eigenvalue weighted by atomic mass is 32.2. The summed E-state index contributed by atoms with van der Waals surface area (Å²) in [4.78, 5) is 126. The second kappa shape index (κ2) is 39.2. The number of aryl methyl sites for hydroxylation is 7. The van der Waals surface area contributed by atoms with Crippen molar-refractivity contribution in [1.82, 2.24) is 82.3 Å². The number of rotatable bonds is 39. The van der Waals surface area contributed by atoms with E-state index in [1.807, 2.05) is 81.2 Å². The molecule has 2 aliphatic heterocycles. The quantitative estimate of drug-likeness (QED) is 0.00775. The molecule has 10 heterocycles. The Morgan fingerprint density at radius 1 is 0.492 bits per heavy atom. The zero-order valence-electron chi connectivity index (χ0n) is 70.5. The number of aromatic nitrogens is 15. The topological polar surface area (TPSA) is 471 Å². The van der Waals surface area contributed by atoms with E-state index < -0.39 is 47.6 Å². The van der Waals surface area contributed by atoms with Crippen molar-refractivity contribution in [3.8, 4) is 17.2 Å². The van der Waals surface area contributed by atoms with Crippen LogP contribution in [0.25, 0.3) is 44.1 Å². The summed E-state index contributed by atoms with van der Waals surface area (Å²) in [5.74, 6) is -2.45. The maximum Gasteiger partial charge on any atom is 0.276 e. The SMILES string of the molecule is CCc1nc(C)sc1C(=O)Nc1nc2cc(C(N)=O)cc(OCCCN3CCOCC3)c2n1C/C=C/Cn1c(NC(=O)c2cc(C)nn2CCOC(N)c2cc(OCCCN3CCOCC3)c3c(c2)nc(NC(=O)c2cc(C)nn2CC)n3C/C=C/Cn2c(NC(=O)c3cc(C)nn3CC)nc3cc(C(N)=O)cc(SC)c32)nc2cc(C(N)=O)cc(OC)c21. The molecule has 1 atom stereocenters. The molecule has 0 spiro atoms. The van der Waals surface area contributed by atoms with Crippen molar-refractivity contribution >= 4 is 132 Å². The molecule has 0 saturated carbocycles. The lowest BCUT2D eigenvalue weighted by molar-refractivity contribution is 0.0357. The molecular formula is C84H101N25O13S2. The number of hydrogen-bond donors (Lipinski definition) is 8. The number of fused-ring (bicyclic) bond motifs is 4. The monoisotopic (exact) mass is 1730 g/mol. The number of allylic oxidation sites excluding steroid dienone is 4. The standard InChI is InChI=1S/C84H101N25O13S2/c1-10-56-72(124-51(7)89-56)80(116)97-84-91-58-41-53(74(86)111)45-65(120-30-17-19-101-25-32-118-33-26-101)69(58)105(84)23-14-13-21-103-68-57(40-52(73(85)110)44-64(68)117-8)90-81(103)96-79(115)63-39-50(6)100-109(63)29-36-122-76(88)55-43-59-70(66(46-55)121-31-18-20-102-27-34-119-35-28-102)104(82(92-59)94-77(113)61-37-48(4)98-107(61)11-2)22-15-16-24-106-71-60(42-54(75(87)112)47-67(71)123-9)93-83(106)95-78(114)62-38-49(5)99-108(62)12-3/h13-16,37-47,76H,10-12,17-36,88H2,1-9H3,(H2,85,110)(H2,86,111)(H2,87,112)(H,90,96,115)(H,91,97,116)(H,92,94,113)(H,93,95,114)/b14-13+,16-15+. The summed E-state index contributed by atoms with van der Waals surface area (Å²) in [5, 5.41) is 26.6. The molecule has 2 fully saturated rings. The second-order valence-electron chi connectivity index (χ2n) is 29.7. The molecule has 652 valence electrons. The van der Waals surface area contributed by atoms with Gasteiger partial charge in [-0.05, 0) is 134 Å². The average molecular weight is 1730 g/mol. The summed E-state index contributed by atoms with van der Waals surface area (Å²) in [6, 6.07) is 18.0. The minimum atomic E-state index is -1.12. The summed E-state index contributed by atoms with van der Waals surface area (Å²) in [6.07, 6.45) is 10.0. The number of carbonyl (C=O) groups is 7. The Balaban J connectivity index is 0.743. The minimum Gasteiger partial charge on any atom is -0.494 e. The summed E-state index contributed by atoms with van der Waals surface area (Å²) in [5.41, 5.74) is 32.4. The molecule has 2 saturated heterocycles. The van der Waals surface area contributed by atoms with E-state index in [1.165, 1.54) is 47.0 Å². The summed E-state index contributed by atoms with van der Waals surface area (Å²) >= 11 is 2.66. The number of thioether (sulfide) groups is 1. The smallest absolute Gasteiger partial charge is 0.276 e. The molecule has 40 heteroatoms. The molecule has 12 aromatic rings. The zero-order chi connectivity index (χ0) is 87.6. The number of nitrogens with two attached hydrogens (primary N) is 4. The van der Waals surface area contributed by atoms with E-state index in [9.17, 15) is 33.6 Å². The molecule has 2 aliphatic rings. The number of hydrogen-bond acceptors (Lipinski definition) is 26. The molecule has 4 aromatic carbocycles. The highest BCUT2D eigenvalue weighted by Crippen LogP contribution is 2.38. The zero-order valence-corrected chi connectivity index (χ0v) is 72.2. The van der Waals surface area contributed by atoms with Crippen LogP contribution in [0.1, 0.15) is 145 Å². The van der Waals surface area contributed by atoms with E-state index in [4.69, 9.17) is 76.4 Å². The lowest BCUT2D eigenvalue weighted by Gasteiger charge is -2.26. The number of nitrogens with one attached hydrogen (secondary N) is 4. The van der Waals surface area contributed by atoms with Crippen LogP contribution < -0.4 is 58.4 Å². The van der Waals surface area contributed by atoms with E-state index in [0.29, 0.717) is 158 Å². The molecule has 0 bridgehead atoms. The van der Waals surface area contributed by atoms with Gasteiger partial charge in [0, 0.05) is 106 Å². The fourth-order valence-electron chi connectivity index (χ4n) is 15.2. The van der Waals surface area contributed by atoms with E-state index >= 15 is 0 Å². The van der Waals surface area contributed by atoms with Gasteiger partial charge in [0.15, 0.2) is 0 Å². The summed E-state index contributed by atoms with van der Waals surface area (Å²) in [7, 11) is 1.44. The number of methoxy groups -OCH3 is 1. The maximum absolute atomic E-state index is 15.0. The van der Waals surface area contributed by atoms with Crippen molar-refractivity contribution in [3.63, 3.8) is 0 Å². The van der Waals surface area contributed by atoms with Crippen LogP contribution in [0.5, 0.6) is 17.2 Å². The number of thiazole rings is 1. The van der Waals surface area contributed by atoms with Crippen molar-refractivity contribution in [2.24, 2.45) is 22.9 Å². The van der Waals surface area contributed by atoms with Crippen LogP contribution in [0.15, 0.2) is 95.9 Å². The summed E-state index contributed by atoms with van der Waals surface area (Å²) in [6.45, 7) is 21.9. The Morgan fingerprint density at radius 3 is 1.32 bits per heavy atom. The van der Waals surface area contributed by atoms with Crippen LogP contribution in [0.3, 0.4) is 0 Å². The average Bonchev–Trinajstić information content (AvgIpc) is 1.63. The first kappa shape index (κ1) is 87.6. The molecule has 8 aromatic heterocycles. The van der Waals surface area contributed by atoms with Crippen molar-refractivity contribution in [2.45, 2.75) is 125 Å². The highest BCUT2D eigenvalue weighted by Gasteiger charge is 2.29. The molecule has 1 unspecified atom stereocenters. The number of amides is 7. The third-order valence-corrected chi connectivity index (χ3v) is 22.9. The lowest BCUT2D eigenvalue weighted by atomic mass is 10.1. The first-order valence-corrected chi connectivity index (χ1v) is 43.0. The van der Waals surface area contributed by atoms with Gasteiger partial charge in [-0.2, -0.15) is 15.3 Å². The number of anilines is 4. The van der Waals surface area contributed by atoms with Gasteiger partial charge in [-0.15, -0.1) is 23.1 Å². The number of benzene rings is 4. The van der Waals surface area contributed by atoms with Crippen molar-refractivity contribution in [2.75, 3.05) is 120 Å². The number of carbonyl (C=O) groups excluding carboxylic acids is 7. The van der Waals surface area contributed by atoms with Crippen LogP contribution in [0.4, 0.5) is 23.8 Å². The molecule has 0 aliphatic carbocycles.